The van der Waals surface area contributed by atoms with E-state index >= 15 is 0 Å². The highest BCUT2D eigenvalue weighted by atomic mass is 79.9. The van der Waals surface area contributed by atoms with E-state index in [1.54, 1.807) is 19.1 Å². The maximum Gasteiger partial charge on any atom is 0.262 e. The van der Waals surface area contributed by atoms with Crippen LogP contribution in [0.1, 0.15) is 23.6 Å². The summed E-state index contributed by atoms with van der Waals surface area (Å²) in [7, 11) is 0. The van der Waals surface area contributed by atoms with Gasteiger partial charge in [-0.1, -0.05) is 81.6 Å². The summed E-state index contributed by atoms with van der Waals surface area (Å²) in [6.45, 7) is 2.02. The normalized spacial score (nSPS) is 12.4. The summed E-state index contributed by atoms with van der Waals surface area (Å²) in [4.78, 5) is 26.1. The van der Waals surface area contributed by atoms with Gasteiger partial charge in [-0.15, -0.1) is 0 Å². The molecule has 0 spiro atoms. The maximum absolute atomic E-state index is 13.1. The van der Waals surface area contributed by atoms with Gasteiger partial charge < -0.3 is 14.8 Å². The molecule has 0 fully saturated rings. The van der Waals surface area contributed by atoms with Gasteiger partial charge in [0.1, 0.15) is 24.1 Å². The molecule has 0 aliphatic carbocycles. The second-order valence-corrected chi connectivity index (χ2v) is 11.1. The summed E-state index contributed by atoms with van der Waals surface area (Å²) in [6.07, 6.45) is 0.849. The van der Waals surface area contributed by atoms with Crippen molar-refractivity contribution in [1.29, 1.82) is 0 Å². The van der Waals surface area contributed by atoms with Crippen LogP contribution in [0.3, 0.4) is 0 Å². The lowest BCUT2D eigenvalue weighted by atomic mass is 10.1. The van der Waals surface area contributed by atoms with Gasteiger partial charge in [0.05, 0.1) is 11.2 Å². The van der Waals surface area contributed by atoms with Crippen LogP contribution in [0.15, 0.2) is 107 Å². The number of hydrazone groups is 1. The van der Waals surface area contributed by atoms with Crippen molar-refractivity contribution in [2.24, 2.45) is 5.10 Å². The molecular weight excluding hydrogens is 641 g/mol. The van der Waals surface area contributed by atoms with Crippen molar-refractivity contribution in [1.82, 2.24) is 10.7 Å². The van der Waals surface area contributed by atoms with Gasteiger partial charge in [0.25, 0.3) is 11.8 Å². The third-order valence-corrected chi connectivity index (χ3v) is 7.13. The van der Waals surface area contributed by atoms with Crippen molar-refractivity contribution in [3.8, 4) is 11.5 Å². The summed E-state index contributed by atoms with van der Waals surface area (Å²) in [5.74, 6) is 0.0533. The summed E-state index contributed by atoms with van der Waals surface area (Å²) in [5, 5.41) is 7.58. The zero-order chi connectivity index (χ0) is 29.9. The van der Waals surface area contributed by atoms with Crippen LogP contribution in [0.5, 0.6) is 11.5 Å². The van der Waals surface area contributed by atoms with E-state index in [0.717, 1.165) is 21.2 Å². The van der Waals surface area contributed by atoms with E-state index in [-0.39, 0.29) is 11.4 Å². The quantitative estimate of drug-likeness (QED) is 0.126. The Bertz CT molecular complexity index is 1520. The van der Waals surface area contributed by atoms with Gasteiger partial charge >= 0.3 is 0 Å². The Morgan fingerprint density at radius 2 is 1.62 bits per heavy atom. The molecule has 10 heteroatoms. The van der Waals surface area contributed by atoms with E-state index in [4.69, 9.17) is 32.7 Å². The van der Waals surface area contributed by atoms with E-state index in [1.807, 2.05) is 78.9 Å². The molecule has 4 rings (SSSR count). The Morgan fingerprint density at radius 3 is 2.31 bits per heavy atom. The second-order valence-electron chi connectivity index (χ2n) is 9.30. The van der Waals surface area contributed by atoms with Crippen LogP contribution in [0.4, 0.5) is 0 Å². The van der Waals surface area contributed by atoms with Gasteiger partial charge in [0.15, 0.2) is 6.10 Å². The SMILES string of the molecule is C[C@@H](Oc1ccc(Cl)cc1Cl)C(=O)N[C@H](Cc1ccccc1)C(=O)N/N=C\c1ccc(OCc2ccc(Br)cc2)cc1. The zero-order valence-corrected chi connectivity index (χ0v) is 25.7. The van der Waals surface area contributed by atoms with Crippen LogP contribution in [-0.4, -0.2) is 30.2 Å². The molecular formula is C32H28BrCl2N3O4. The fourth-order valence-electron chi connectivity index (χ4n) is 3.81. The average molecular weight is 669 g/mol. The van der Waals surface area contributed by atoms with Crippen LogP contribution in [0, 0.1) is 0 Å². The average Bonchev–Trinajstić information content (AvgIpc) is 2.99. The Labute approximate surface area is 263 Å². The maximum atomic E-state index is 13.1. The number of nitrogens with zero attached hydrogens (tertiary/aromatic N) is 1. The number of hydrogen-bond acceptors (Lipinski definition) is 5. The minimum Gasteiger partial charge on any atom is -0.489 e. The lowest BCUT2D eigenvalue weighted by Crippen LogP contribution is -2.50. The van der Waals surface area contributed by atoms with Crippen LogP contribution >= 0.6 is 39.1 Å². The fourth-order valence-corrected chi connectivity index (χ4v) is 4.53. The lowest BCUT2D eigenvalue weighted by Gasteiger charge is -2.21. The molecule has 0 aliphatic heterocycles. The van der Waals surface area contributed by atoms with Crippen molar-refractivity contribution in [2.75, 3.05) is 0 Å². The van der Waals surface area contributed by atoms with E-state index in [0.29, 0.717) is 23.1 Å². The van der Waals surface area contributed by atoms with E-state index in [1.165, 1.54) is 12.3 Å². The molecule has 7 nitrogen and oxygen atoms in total. The largest absolute Gasteiger partial charge is 0.489 e. The summed E-state index contributed by atoms with van der Waals surface area (Å²) < 4.78 is 12.6. The van der Waals surface area contributed by atoms with Gasteiger partial charge in [0, 0.05) is 15.9 Å². The number of halogens is 3. The first-order chi connectivity index (χ1) is 20.3. The molecule has 0 aromatic heterocycles. The Balaban J connectivity index is 1.35. The smallest absolute Gasteiger partial charge is 0.262 e. The summed E-state index contributed by atoms with van der Waals surface area (Å²) >= 11 is 15.5. The molecule has 0 radical (unpaired) electrons. The van der Waals surface area contributed by atoms with Crippen molar-refractivity contribution >= 4 is 57.2 Å². The number of carbonyl (C=O) groups is 2. The highest BCUT2D eigenvalue weighted by Crippen LogP contribution is 2.28. The number of ether oxygens (including phenoxy) is 2. The van der Waals surface area contributed by atoms with Crippen molar-refractivity contribution < 1.29 is 19.1 Å². The van der Waals surface area contributed by atoms with Gasteiger partial charge in [-0.3, -0.25) is 9.59 Å². The van der Waals surface area contributed by atoms with Gasteiger partial charge in [-0.25, -0.2) is 5.43 Å². The van der Waals surface area contributed by atoms with Gasteiger partial charge in [-0.05, 0) is 78.2 Å². The second kappa shape index (κ2) is 15.4. The number of nitrogens with one attached hydrogen (secondary N) is 2. The molecule has 0 bridgehead atoms. The van der Waals surface area contributed by atoms with Crippen LogP contribution in [-0.2, 0) is 22.6 Å². The molecule has 2 atom stereocenters. The standard InChI is InChI=1S/C32H28BrCl2N3O4/c1-21(42-30-16-13-26(34)18-28(30)35)31(39)37-29(17-22-5-3-2-4-6-22)32(40)38-36-19-23-9-14-27(15-10-23)41-20-24-7-11-25(33)12-8-24/h2-16,18-19,21,29H,17,20H2,1H3,(H,37,39)(H,38,40)/b36-19-/t21-,29-/m1/s1. The Morgan fingerprint density at radius 1 is 0.905 bits per heavy atom. The Hall–Kier alpha value is -3.85. The molecule has 0 saturated heterocycles. The molecule has 4 aromatic rings. The molecule has 4 aromatic carbocycles. The molecule has 2 amide bonds. The molecule has 0 saturated carbocycles. The molecule has 0 aliphatic rings. The summed E-state index contributed by atoms with van der Waals surface area (Å²) in [5.41, 5.74) is 5.22. The number of carbonyl (C=O) groups excluding carboxylic acids is 2. The van der Waals surface area contributed by atoms with Crippen molar-refractivity contribution in [3.05, 3.63) is 128 Å². The molecule has 2 N–H and O–H groups in total. The third-order valence-electron chi connectivity index (χ3n) is 6.07. The first-order valence-corrected chi connectivity index (χ1v) is 14.6. The first-order valence-electron chi connectivity index (χ1n) is 13.0. The first kappa shape index (κ1) is 31.1. The highest BCUT2D eigenvalue weighted by Gasteiger charge is 2.25. The van der Waals surface area contributed by atoms with Crippen LogP contribution in [0.25, 0.3) is 0 Å². The predicted molar refractivity (Wildman–Crippen MR) is 169 cm³/mol. The third kappa shape index (κ3) is 9.62. The van der Waals surface area contributed by atoms with Crippen LogP contribution < -0.4 is 20.2 Å². The minimum absolute atomic E-state index is 0.257. The molecule has 42 heavy (non-hydrogen) atoms. The number of amides is 2. The van der Waals surface area contributed by atoms with E-state index in [9.17, 15) is 9.59 Å². The zero-order valence-electron chi connectivity index (χ0n) is 22.6. The van der Waals surface area contributed by atoms with Crippen molar-refractivity contribution in [3.63, 3.8) is 0 Å². The van der Waals surface area contributed by atoms with Crippen molar-refractivity contribution in [2.45, 2.75) is 32.1 Å². The molecule has 0 unspecified atom stereocenters. The fraction of sp³-hybridized carbons (Fsp3) is 0.156. The highest BCUT2D eigenvalue weighted by molar-refractivity contribution is 9.10. The number of hydrogen-bond donors (Lipinski definition) is 2. The number of benzene rings is 4. The molecule has 216 valence electrons. The lowest BCUT2D eigenvalue weighted by molar-refractivity contribution is -0.132. The minimum atomic E-state index is -0.928. The van der Waals surface area contributed by atoms with E-state index in [2.05, 4.69) is 31.8 Å². The Kier molecular flexibility index (Phi) is 11.4. The number of rotatable bonds is 12. The summed E-state index contributed by atoms with van der Waals surface area (Å²) in [6, 6.07) is 28.4. The van der Waals surface area contributed by atoms with Gasteiger partial charge in [0.2, 0.25) is 0 Å². The van der Waals surface area contributed by atoms with Gasteiger partial charge in [-0.2, -0.15) is 5.10 Å². The predicted octanol–water partition coefficient (Wildman–Crippen LogP) is 6.98. The van der Waals surface area contributed by atoms with E-state index < -0.39 is 24.0 Å². The van der Waals surface area contributed by atoms with Crippen LogP contribution in [0.2, 0.25) is 10.0 Å². The monoisotopic (exact) mass is 667 g/mol. The molecule has 0 heterocycles. The topological polar surface area (TPSA) is 89.0 Å².